The first-order chi connectivity index (χ1) is 13.0. The van der Waals surface area contributed by atoms with E-state index >= 15 is 0 Å². The second-order valence-corrected chi connectivity index (χ2v) is 6.65. The van der Waals surface area contributed by atoms with Crippen molar-refractivity contribution in [2.45, 2.75) is 26.3 Å². The molecular formula is C18H18BrFN4O3. The van der Waals surface area contributed by atoms with Crippen LogP contribution in [0.2, 0.25) is 0 Å². The maximum atomic E-state index is 14.3. The van der Waals surface area contributed by atoms with Gasteiger partial charge in [0.25, 0.3) is 12.2 Å². The Hall–Kier alpha value is -2.52. The topological polar surface area (TPSA) is 78.3 Å². The third kappa shape index (κ3) is 4.61. The molecule has 0 spiro atoms. The molecule has 3 aromatic rings. The van der Waals surface area contributed by atoms with Gasteiger partial charge >= 0.3 is 0 Å². The summed E-state index contributed by atoms with van der Waals surface area (Å²) in [5.41, 5.74) is 1.32. The Morgan fingerprint density at radius 1 is 1.37 bits per heavy atom. The molecule has 1 unspecified atom stereocenters. The minimum absolute atomic E-state index is 0.0943. The summed E-state index contributed by atoms with van der Waals surface area (Å²) < 4.78 is 27.3. The molecule has 0 aliphatic rings. The molecule has 0 fully saturated rings. The van der Waals surface area contributed by atoms with Gasteiger partial charge in [-0.05, 0) is 35.0 Å². The van der Waals surface area contributed by atoms with Crippen LogP contribution in [0.4, 0.5) is 4.39 Å². The number of halogens is 2. The van der Waals surface area contributed by atoms with Crippen molar-refractivity contribution in [2.75, 3.05) is 7.11 Å². The van der Waals surface area contributed by atoms with Gasteiger partial charge in [-0.15, -0.1) is 0 Å². The third-order valence-corrected chi connectivity index (χ3v) is 4.27. The van der Waals surface area contributed by atoms with Crippen molar-refractivity contribution in [3.63, 3.8) is 0 Å². The Balaban J connectivity index is 1.70. The minimum atomic E-state index is -1.29. The Labute approximate surface area is 163 Å². The van der Waals surface area contributed by atoms with Gasteiger partial charge in [0.2, 0.25) is 0 Å². The molecule has 2 heterocycles. The number of carbonyl (C=O) groups excluding carboxylic acids is 1. The lowest BCUT2D eigenvalue weighted by atomic mass is 10.2. The minimum Gasteiger partial charge on any atom is -0.452 e. The highest BCUT2D eigenvalue weighted by Gasteiger charge is 2.22. The molecular weight excluding hydrogens is 419 g/mol. The molecule has 0 aliphatic heterocycles. The third-order valence-electron chi connectivity index (χ3n) is 3.84. The highest BCUT2D eigenvalue weighted by Crippen LogP contribution is 2.26. The molecule has 0 saturated carbocycles. The number of amides is 1. The lowest BCUT2D eigenvalue weighted by molar-refractivity contribution is -0.148. The highest BCUT2D eigenvalue weighted by atomic mass is 79.9. The number of fused-ring (bicyclic) bond motifs is 1. The van der Waals surface area contributed by atoms with Crippen molar-refractivity contribution in [1.29, 1.82) is 0 Å². The summed E-state index contributed by atoms with van der Waals surface area (Å²) in [7, 11) is 1.32. The maximum Gasteiger partial charge on any atom is 0.289 e. The zero-order chi connectivity index (χ0) is 19.4. The largest absolute Gasteiger partial charge is 0.452 e. The summed E-state index contributed by atoms with van der Waals surface area (Å²) in [6.07, 6.45) is 3.78. The highest BCUT2D eigenvalue weighted by molar-refractivity contribution is 9.10. The van der Waals surface area contributed by atoms with Crippen molar-refractivity contribution in [2.24, 2.45) is 0 Å². The number of pyridine rings is 1. The van der Waals surface area contributed by atoms with Crippen LogP contribution in [0.3, 0.4) is 0 Å². The van der Waals surface area contributed by atoms with Crippen molar-refractivity contribution >= 4 is 32.7 Å². The molecule has 0 bridgehead atoms. The summed E-state index contributed by atoms with van der Waals surface area (Å²) in [6.45, 7) is 2.97. The van der Waals surface area contributed by atoms with Gasteiger partial charge in [0.05, 0.1) is 11.7 Å². The zero-order valence-corrected chi connectivity index (χ0v) is 16.4. The number of aromatic nitrogens is 3. The molecule has 1 atom stereocenters. The SMILES string of the molecule is CCn1cc(CNC(=O)C(OC)Oc2cc3cc(Br)cnc3cc2F)cn1. The summed E-state index contributed by atoms with van der Waals surface area (Å²) >= 11 is 3.32. The first kappa shape index (κ1) is 19.2. The Kier molecular flexibility index (Phi) is 6.02. The van der Waals surface area contributed by atoms with Crippen LogP contribution in [0.1, 0.15) is 12.5 Å². The van der Waals surface area contributed by atoms with Gasteiger partial charge in [-0.1, -0.05) is 0 Å². The number of methoxy groups -OCH3 is 1. The molecule has 27 heavy (non-hydrogen) atoms. The van der Waals surface area contributed by atoms with Gasteiger partial charge < -0.3 is 14.8 Å². The fraction of sp³-hybridized carbons (Fsp3) is 0.278. The van der Waals surface area contributed by atoms with Crippen molar-refractivity contribution in [3.05, 3.63) is 52.6 Å². The first-order valence-electron chi connectivity index (χ1n) is 8.23. The van der Waals surface area contributed by atoms with E-state index in [9.17, 15) is 9.18 Å². The molecule has 7 nitrogen and oxygen atoms in total. The van der Waals surface area contributed by atoms with Gasteiger partial charge in [-0.25, -0.2) is 4.39 Å². The Morgan fingerprint density at radius 3 is 2.89 bits per heavy atom. The average molecular weight is 437 g/mol. The average Bonchev–Trinajstić information content (AvgIpc) is 3.13. The van der Waals surface area contributed by atoms with Crippen molar-refractivity contribution in [3.8, 4) is 5.75 Å². The van der Waals surface area contributed by atoms with E-state index in [2.05, 4.69) is 31.3 Å². The van der Waals surface area contributed by atoms with E-state index in [1.54, 1.807) is 23.1 Å². The Morgan fingerprint density at radius 2 is 2.19 bits per heavy atom. The summed E-state index contributed by atoms with van der Waals surface area (Å²) in [4.78, 5) is 16.5. The fourth-order valence-electron chi connectivity index (χ4n) is 2.46. The zero-order valence-electron chi connectivity index (χ0n) is 14.8. The van der Waals surface area contributed by atoms with Crippen LogP contribution >= 0.6 is 15.9 Å². The Bertz CT molecular complexity index is 963. The van der Waals surface area contributed by atoms with Crippen LogP contribution in [0, 0.1) is 5.82 Å². The standard InChI is InChI=1S/C18H18BrFN4O3/c1-3-24-10-11(8-23-24)7-22-17(25)18(26-2)27-16-5-12-4-13(19)9-21-15(12)6-14(16)20/h4-6,8-10,18H,3,7H2,1-2H3,(H,22,25). The van der Waals surface area contributed by atoms with Crippen LogP contribution in [0.5, 0.6) is 5.75 Å². The smallest absolute Gasteiger partial charge is 0.289 e. The van der Waals surface area contributed by atoms with E-state index in [0.717, 1.165) is 16.6 Å². The number of hydrogen-bond donors (Lipinski definition) is 1. The molecule has 3 rings (SSSR count). The van der Waals surface area contributed by atoms with Crippen LogP contribution in [-0.2, 0) is 22.6 Å². The van der Waals surface area contributed by atoms with E-state index in [1.807, 2.05) is 13.1 Å². The molecule has 0 aliphatic carbocycles. The number of nitrogens with zero attached hydrogens (tertiary/aromatic N) is 3. The van der Waals surface area contributed by atoms with Gasteiger partial charge in [0, 0.05) is 54.1 Å². The van der Waals surface area contributed by atoms with Gasteiger partial charge in [0.1, 0.15) is 0 Å². The number of ether oxygens (including phenoxy) is 2. The molecule has 0 saturated heterocycles. The van der Waals surface area contributed by atoms with Gasteiger partial charge in [-0.2, -0.15) is 5.10 Å². The number of nitrogens with one attached hydrogen (secondary N) is 1. The second kappa shape index (κ2) is 8.45. The van der Waals surface area contributed by atoms with Crippen LogP contribution in [-0.4, -0.2) is 34.1 Å². The summed E-state index contributed by atoms with van der Waals surface area (Å²) in [5, 5.41) is 7.49. The molecule has 9 heteroatoms. The number of benzene rings is 1. The number of carbonyl (C=O) groups is 1. The lowest BCUT2D eigenvalue weighted by Gasteiger charge is -2.17. The predicted octanol–water partition coefficient (Wildman–Crippen LogP) is 3.02. The summed E-state index contributed by atoms with van der Waals surface area (Å²) in [5.74, 6) is -1.24. The number of hydrogen-bond acceptors (Lipinski definition) is 5. The van der Waals surface area contributed by atoms with Crippen LogP contribution < -0.4 is 10.1 Å². The van der Waals surface area contributed by atoms with E-state index in [-0.39, 0.29) is 12.3 Å². The van der Waals surface area contributed by atoms with Crippen LogP contribution in [0.25, 0.3) is 10.9 Å². The van der Waals surface area contributed by atoms with E-state index < -0.39 is 18.0 Å². The summed E-state index contributed by atoms with van der Waals surface area (Å²) in [6, 6.07) is 4.51. The fourth-order valence-corrected chi connectivity index (χ4v) is 2.81. The van der Waals surface area contributed by atoms with E-state index in [0.29, 0.717) is 10.9 Å². The van der Waals surface area contributed by atoms with Crippen LogP contribution in [0.15, 0.2) is 41.3 Å². The lowest BCUT2D eigenvalue weighted by Crippen LogP contribution is -2.39. The number of aryl methyl sites for hydroxylation is 1. The monoisotopic (exact) mass is 436 g/mol. The molecule has 2 aromatic heterocycles. The van der Waals surface area contributed by atoms with Crippen molar-refractivity contribution in [1.82, 2.24) is 20.1 Å². The predicted molar refractivity (Wildman–Crippen MR) is 101 cm³/mol. The molecule has 1 amide bonds. The molecule has 142 valence electrons. The maximum absolute atomic E-state index is 14.3. The van der Waals surface area contributed by atoms with Gasteiger partial charge in [-0.3, -0.25) is 14.5 Å². The van der Waals surface area contributed by atoms with E-state index in [4.69, 9.17) is 9.47 Å². The molecule has 0 radical (unpaired) electrons. The van der Waals surface area contributed by atoms with E-state index in [1.165, 1.54) is 19.2 Å². The van der Waals surface area contributed by atoms with Gasteiger partial charge in [0.15, 0.2) is 11.6 Å². The second-order valence-electron chi connectivity index (χ2n) is 5.74. The van der Waals surface area contributed by atoms with Crippen molar-refractivity contribution < 1.29 is 18.7 Å². The molecule has 1 aromatic carbocycles. The normalized spacial score (nSPS) is 12.1. The quantitative estimate of drug-likeness (QED) is 0.575. The number of rotatable bonds is 7. The molecule has 1 N–H and O–H groups in total. The first-order valence-corrected chi connectivity index (χ1v) is 9.02.